The number of nitrogens with zero attached hydrogens (tertiary/aromatic N) is 2. The lowest BCUT2D eigenvalue weighted by Gasteiger charge is -2.35. The summed E-state index contributed by atoms with van der Waals surface area (Å²) >= 11 is 0. The number of hydrogen-bond acceptors (Lipinski definition) is 4. The van der Waals surface area contributed by atoms with Gasteiger partial charge in [-0.15, -0.1) is 0 Å². The molecule has 0 saturated carbocycles. The Morgan fingerprint density at radius 3 is 2.37 bits per heavy atom. The Bertz CT molecular complexity index is 698. The van der Waals surface area contributed by atoms with E-state index in [0.717, 1.165) is 25.2 Å². The van der Waals surface area contributed by atoms with Crippen LogP contribution in [-0.2, 0) is 4.79 Å². The minimum Gasteiger partial charge on any atom is -0.493 e. The molecule has 1 aromatic rings. The van der Waals surface area contributed by atoms with E-state index in [1.165, 1.54) is 0 Å². The number of likely N-dealkylation sites (tertiary alicyclic amines) is 1. The van der Waals surface area contributed by atoms with E-state index < -0.39 is 0 Å². The standard InChI is InChI=1S/C20H29N3O4/c1-13-7-14(2)11-22(10-13)20(25)21-15-8-19(24)23(12-15)16-5-6-17(26-3)18(9-16)27-4/h5-6,9,13-15H,7-8,10-12H2,1-4H3,(H,21,25)/t13-,14-,15+/m0/s1. The summed E-state index contributed by atoms with van der Waals surface area (Å²) < 4.78 is 10.6. The molecule has 3 amide bonds. The maximum atomic E-state index is 12.6. The number of methoxy groups -OCH3 is 2. The van der Waals surface area contributed by atoms with Crippen molar-refractivity contribution in [2.75, 3.05) is 38.8 Å². The molecule has 0 unspecified atom stereocenters. The summed E-state index contributed by atoms with van der Waals surface area (Å²) in [5.41, 5.74) is 0.745. The van der Waals surface area contributed by atoms with Gasteiger partial charge in [0.2, 0.25) is 5.91 Å². The van der Waals surface area contributed by atoms with Gasteiger partial charge in [-0.1, -0.05) is 13.8 Å². The molecule has 1 aromatic carbocycles. The predicted octanol–water partition coefficient (Wildman–Crippen LogP) is 2.50. The second kappa shape index (κ2) is 8.06. The number of urea groups is 1. The van der Waals surface area contributed by atoms with Gasteiger partial charge in [0.05, 0.1) is 20.3 Å². The zero-order chi connectivity index (χ0) is 19.6. The third-order valence-electron chi connectivity index (χ3n) is 5.29. The van der Waals surface area contributed by atoms with Crippen molar-refractivity contribution in [2.45, 2.75) is 32.7 Å². The first-order valence-electron chi connectivity index (χ1n) is 9.49. The van der Waals surface area contributed by atoms with Gasteiger partial charge in [0.1, 0.15) is 0 Å². The SMILES string of the molecule is COc1ccc(N2C[C@H](NC(=O)N3C[C@@H](C)C[C@H](C)C3)CC2=O)cc1OC. The summed E-state index contributed by atoms with van der Waals surface area (Å²) in [6, 6.07) is 5.14. The van der Waals surface area contributed by atoms with E-state index in [4.69, 9.17) is 9.47 Å². The number of piperidine rings is 1. The molecule has 0 spiro atoms. The Hall–Kier alpha value is -2.44. The molecule has 7 heteroatoms. The molecule has 7 nitrogen and oxygen atoms in total. The second-order valence-corrected chi connectivity index (χ2v) is 7.75. The first-order valence-corrected chi connectivity index (χ1v) is 9.49. The third kappa shape index (κ3) is 4.28. The van der Waals surface area contributed by atoms with Crippen molar-refractivity contribution in [3.8, 4) is 11.5 Å². The molecular formula is C20H29N3O4. The van der Waals surface area contributed by atoms with Gasteiger partial charge in [0.15, 0.2) is 11.5 Å². The fraction of sp³-hybridized carbons (Fsp3) is 0.600. The molecule has 0 aliphatic carbocycles. The highest BCUT2D eigenvalue weighted by atomic mass is 16.5. The van der Waals surface area contributed by atoms with Crippen molar-refractivity contribution in [2.24, 2.45) is 11.8 Å². The average molecular weight is 375 g/mol. The largest absolute Gasteiger partial charge is 0.493 e. The number of amides is 3. The van der Waals surface area contributed by atoms with Gasteiger partial charge >= 0.3 is 6.03 Å². The maximum Gasteiger partial charge on any atom is 0.317 e. The van der Waals surface area contributed by atoms with Gasteiger partial charge in [-0.25, -0.2) is 4.79 Å². The van der Waals surface area contributed by atoms with Crippen LogP contribution in [0.15, 0.2) is 18.2 Å². The fourth-order valence-corrected chi connectivity index (χ4v) is 4.14. The lowest BCUT2D eigenvalue weighted by atomic mass is 9.92. The van der Waals surface area contributed by atoms with Gasteiger partial charge in [0, 0.05) is 37.8 Å². The monoisotopic (exact) mass is 375 g/mol. The number of rotatable bonds is 4. The van der Waals surface area contributed by atoms with Gasteiger partial charge in [0.25, 0.3) is 0 Å². The number of ether oxygens (including phenoxy) is 2. The fourth-order valence-electron chi connectivity index (χ4n) is 4.14. The first-order chi connectivity index (χ1) is 12.9. The van der Waals surface area contributed by atoms with Crippen LogP contribution in [0.2, 0.25) is 0 Å². The summed E-state index contributed by atoms with van der Waals surface area (Å²) in [7, 11) is 3.14. The Morgan fingerprint density at radius 1 is 1.07 bits per heavy atom. The number of carbonyl (C=O) groups excluding carboxylic acids is 2. The lowest BCUT2D eigenvalue weighted by Crippen LogP contribution is -2.50. The van der Waals surface area contributed by atoms with Crippen LogP contribution >= 0.6 is 0 Å². The van der Waals surface area contributed by atoms with Crippen LogP contribution in [0.25, 0.3) is 0 Å². The van der Waals surface area contributed by atoms with Crippen molar-refractivity contribution in [3.63, 3.8) is 0 Å². The lowest BCUT2D eigenvalue weighted by molar-refractivity contribution is -0.117. The molecule has 2 saturated heterocycles. The van der Waals surface area contributed by atoms with Crippen LogP contribution < -0.4 is 19.7 Å². The molecular weight excluding hydrogens is 346 g/mol. The van der Waals surface area contributed by atoms with Crippen LogP contribution in [-0.4, -0.2) is 56.7 Å². The molecule has 148 valence electrons. The topological polar surface area (TPSA) is 71.1 Å². The highest BCUT2D eigenvalue weighted by Gasteiger charge is 2.34. The molecule has 2 aliphatic heterocycles. The van der Waals surface area contributed by atoms with Crippen molar-refractivity contribution >= 4 is 17.6 Å². The summed E-state index contributed by atoms with van der Waals surface area (Å²) in [5.74, 6) is 2.20. The number of carbonyl (C=O) groups is 2. The van der Waals surface area contributed by atoms with E-state index in [1.54, 1.807) is 31.3 Å². The van der Waals surface area contributed by atoms with E-state index >= 15 is 0 Å². The Balaban J connectivity index is 1.64. The second-order valence-electron chi connectivity index (χ2n) is 7.75. The van der Waals surface area contributed by atoms with E-state index in [1.807, 2.05) is 11.0 Å². The first kappa shape index (κ1) is 19.3. The van der Waals surface area contributed by atoms with Crippen LogP contribution in [0.4, 0.5) is 10.5 Å². The minimum absolute atomic E-state index is 0.00657. The summed E-state index contributed by atoms with van der Waals surface area (Å²) in [6.07, 6.45) is 1.46. The molecule has 2 heterocycles. The number of benzene rings is 1. The van der Waals surface area contributed by atoms with E-state index in [0.29, 0.717) is 36.3 Å². The zero-order valence-corrected chi connectivity index (χ0v) is 16.5. The van der Waals surface area contributed by atoms with Crippen LogP contribution in [0.5, 0.6) is 11.5 Å². The van der Waals surface area contributed by atoms with Gasteiger partial charge in [-0.3, -0.25) is 4.79 Å². The Kier molecular flexibility index (Phi) is 5.77. The average Bonchev–Trinajstić information content (AvgIpc) is 3.00. The molecule has 2 fully saturated rings. The minimum atomic E-state index is -0.189. The molecule has 0 aromatic heterocycles. The number of hydrogen-bond donors (Lipinski definition) is 1. The van der Waals surface area contributed by atoms with Crippen molar-refractivity contribution in [1.82, 2.24) is 10.2 Å². The molecule has 0 bridgehead atoms. The van der Waals surface area contributed by atoms with E-state index in [-0.39, 0.29) is 18.0 Å². The van der Waals surface area contributed by atoms with Gasteiger partial charge in [-0.05, 0) is 30.4 Å². The van der Waals surface area contributed by atoms with Crippen LogP contribution in [0.1, 0.15) is 26.7 Å². The predicted molar refractivity (Wildman–Crippen MR) is 103 cm³/mol. The summed E-state index contributed by atoms with van der Waals surface area (Å²) in [6.45, 7) is 6.35. The summed E-state index contributed by atoms with van der Waals surface area (Å²) in [5, 5.41) is 3.04. The quantitative estimate of drug-likeness (QED) is 0.878. The third-order valence-corrected chi connectivity index (χ3v) is 5.29. The smallest absolute Gasteiger partial charge is 0.317 e. The molecule has 3 rings (SSSR count). The van der Waals surface area contributed by atoms with Crippen molar-refractivity contribution in [3.05, 3.63) is 18.2 Å². The van der Waals surface area contributed by atoms with Crippen LogP contribution in [0, 0.1) is 11.8 Å². The molecule has 1 N–H and O–H groups in total. The normalized spacial score (nSPS) is 25.5. The van der Waals surface area contributed by atoms with Crippen molar-refractivity contribution < 1.29 is 19.1 Å². The van der Waals surface area contributed by atoms with Crippen LogP contribution in [0.3, 0.4) is 0 Å². The highest BCUT2D eigenvalue weighted by molar-refractivity contribution is 5.97. The number of nitrogens with one attached hydrogen (secondary N) is 1. The molecule has 0 radical (unpaired) electrons. The highest BCUT2D eigenvalue weighted by Crippen LogP contribution is 2.33. The summed E-state index contributed by atoms with van der Waals surface area (Å²) in [4.78, 5) is 28.7. The maximum absolute atomic E-state index is 12.6. The molecule has 3 atom stereocenters. The zero-order valence-electron chi connectivity index (χ0n) is 16.5. The Labute approximate surface area is 160 Å². The molecule has 2 aliphatic rings. The Morgan fingerprint density at radius 2 is 1.74 bits per heavy atom. The van der Waals surface area contributed by atoms with E-state index in [9.17, 15) is 9.59 Å². The van der Waals surface area contributed by atoms with E-state index in [2.05, 4.69) is 19.2 Å². The number of anilines is 1. The van der Waals surface area contributed by atoms with Gasteiger partial charge < -0.3 is 24.6 Å². The molecule has 27 heavy (non-hydrogen) atoms. The van der Waals surface area contributed by atoms with Gasteiger partial charge in [-0.2, -0.15) is 0 Å². The van der Waals surface area contributed by atoms with Crippen molar-refractivity contribution in [1.29, 1.82) is 0 Å².